The molecular formula is C21H21BrN2O5. The zero-order chi connectivity index (χ0) is 21.4. The fourth-order valence-corrected chi connectivity index (χ4v) is 3.11. The van der Waals surface area contributed by atoms with Gasteiger partial charge < -0.3 is 24.3 Å². The Morgan fingerprint density at radius 2 is 1.79 bits per heavy atom. The third-order valence-corrected chi connectivity index (χ3v) is 4.45. The number of nitrogens with one attached hydrogen (secondary N) is 1. The Bertz CT molecular complexity index is 966. The van der Waals surface area contributed by atoms with E-state index in [1.54, 1.807) is 30.3 Å². The first-order valence-corrected chi connectivity index (χ1v) is 9.42. The quantitative estimate of drug-likeness (QED) is 0.463. The van der Waals surface area contributed by atoms with Crippen molar-refractivity contribution in [3.63, 3.8) is 0 Å². The largest absolute Gasteiger partial charge is 0.493 e. The molecule has 0 aliphatic rings. The molecule has 0 fully saturated rings. The molecule has 0 saturated heterocycles. The molecule has 0 aromatic heterocycles. The highest BCUT2D eigenvalue weighted by molar-refractivity contribution is 9.10. The molecule has 0 aliphatic heterocycles. The average Bonchev–Trinajstić information content (AvgIpc) is 2.73. The van der Waals surface area contributed by atoms with Gasteiger partial charge in [-0.3, -0.25) is 4.79 Å². The summed E-state index contributed by atoms with van der Waals surface area (Å²) in [4.78, 5) is 12.6. The van der Waals surface area contributed by atoms with Crippen LogP contribution >= 0.6 is 15.9 Å². The molecule has 0 spiro atoms. The lowest BCUT2D eigenvalue weighted by Gasteiger charge is -2.12. The lowest BCUT2D eigenvalue weighted by molar-refractivity contribution is -0.112. The van der Waals surface area contributed by atoms with Gasteiger partial charge in [-0.2, -0.15) is 5.26 Å². The molecule has 2 aromatic rings. The topological polar surface area (TPSA) is 89.8 Å². The molecule has 0 heterocycles. The predicted molar refractivity (Wildman–Crippen MR) is 114 cm³/mol. The number of methoxy groups -OCH3 is 3. The second-order valence-electron chi connectivity index (χ2n) is 5.66. The van der Waals surface area contributed by atoms with Crippen LogP contribution in [0, 0.1) is 11.3 Å². The summed E-state index contributed by atoms with van der Waals surface area (Å²) in [6, 6.07) is 10.3. The standard InChI is InChI=1S/C21H21BrN2O5/c1-5-29-20-16(22)9-13(10-19(20)28-4)8-14(12-23)21(25)24-15-6-7-17(26-2)18(11-15)27-3/h6-11H,5H2,1-4H3,(H,24,25)/b14-8+. The van der Waals surface area contributed by atoms with E-state index in [0.717, 1.165) is 0 Å². The van der Waals surface area contributed by atoms with E-state index in [1.165, 1.54) is 27.4 Å². The van der Waals surface area contributed by atoms with Crippen LogP contribution in [0.3, 0.4) is 0 Å². The van der Waals surface area contributed by atoms with Gasteiger partial charge in [-0.25, -0.2) is 0 Å². The van der Waals surface area contributed by atoms with Crippen molar-refractivity contribution in [1.82, 2.24) is 0 Å². The van der Waals surface area contributed by atoms with Crippen molar-refractivity contribution in [3.05, 3.63) is 45.9 Å². The summed E-state index contributed by atoms with van der Waals surface area (Å²) in [5.41, 5.74) is 1.01. The van der Waals surface area contributed by atoms with Crippen LogP contribution < -0.4 is 24.3 Å². The van der Waals surface area contributed by atoms with Gasteiger partial charge in [-0.05, 0) is 58.8 Å². The van der Waals surface area contributed by atoms with Crippen LogP contribution in [-0.2, 0) is 4.79 Å². The number of nitriles is 1. The van der Waals surface area contributed by atoms with Crippen LogP contribution in [0.15, 0.2) is 40.4 Å². The van der Waals surface area contributed by atoms with Crippen LogP contribution in [0.1, 0.15) is 12.5 Å². The molecule has 0 unspecified atom stereocenters. The van der Waals surface area contributed by atoms with Gasteiger partial charge in [0.15, 0.2) is 23.0 Å². The Kier molecular flexibility index (Phi) is 7.92. The zero-order valence-corrected chi connectivity index (χ0v) is 18.1. The van der Waals surface area contributed by atoms with Gasteiger partial charge in [0.2, 0.25) is 0 Å². The molecule has 0 bridgehead atoms. The molecule has 0 radical (unpaired) electrons. The summed E-state index contributed by atoms with van der Waals surface area (Å²) in [6.07, 6.45) is 1.47. The zero-order valence-electron chi connectivity index (χ0n) is 16.5. The second kappa shape index (κ2) is 10.4. The molecule has 8 heteroatoms. The molecule has 0 aliphatic carbocycles. The van der Waals surface area contributed by atoms with Gasteiger partial charge in [0, 0.05) is 11.8 Å². The van der Waals surface area contributed by atoms with Crippen molar-refractivity contribution in [2.45, 2.75) is 6.92 Å². The molecule has 152 valence electrons. The minimum Gasteiger partial charge on any atom is -0.493 e. The summed E-state index contributed by atoms with van der Waals surface area (Å²) < 4.78 is 22.0. The van der Waals surface area contributed by atoms with E-state index in [4.69, 9.17) is 18.9 Å². The van der Waals surface area contributed by atoms with E-state index in [0.29, 0.717) is 45.3 Å². The predicted octanol–water partition coefficient (Wildman–Crippen LogP) is 4.42. The number of benzene rings is 2. The third-order valence-electron chi connectivity index (χ3n) is 3.86. The highest BCUT2D eigenvalue weighted by atomic mass is 79.9. The van der Waals surface area contributed by atoms with Gasteiger partial charge in [0.05, 0.1) is 32.4 Å². The number of hydrogen-bond acceptors (Lipinski definition) is 6. The van der Waals surface area contributed by atoms with Crippen molar-refractivity contribution in [2.75, 3.05) is 33.3 Å². The minimum atomic E-state index is -0.552. The van der Waals surface area contributed by atoms with Crippen molar-refractivity contribution < 1.29 is 23.7 Å². The van der Waals surface area contributed by atoms with Gasteiger partial charge in [0.25, 0.3) is 5.91 Å². The normalized spacial score (nSPS) is 10.7. The minimum absolute atomic E-state index is 0.0714. The average molecular weight is 461 g/mol. The van der Waals surface area contributed by atoms with Gasteiger partial charge in [-0.15, -0.1) is 0 Å². The molecule has 0 atom stereocenters. The summed E-state index contributed by atoms with van der Waals surface area (Å²) in [5.74, 6) is 1.50. The maximum absolute atomic E-state index is 12.6. The van der Waals surface area contributed by atoms with E-state index in [1.807, 2.05) is 13.0 Å². The molecule has 29 heavy (non-hydrogen) atoms. The van der Waals surface area contributed by atoms with E-state index < -0.39 is 5.91 Å². The summed E-state index contributed by atoms with van der Waals surface area (Å²) in [6.45, 7) is 2.34. The summed E-state index contributed by atoms with van der Waals surface area (Å²) in [5, 5.41) is 12.1. The maximum atomic E-state index is 12.6. The van der Waals surface area contributed by atoms with E-state index in [2.05, 4.69) is 21.2 Å². The maximum Gasteiger partial charge on any atom is 0.266 e. The Hall–Kier alpha value is -3.18. The SMILES string of the molecule is CCOc1c(Br)cc(/C=C(\C#N)C(=O)Nc2ccc(OC)c(OC)c2)cc1OC. The third kappa shape index (κ3) is 5.42. The van der Waals surface area contributed by atoms with Crippen molar-refractivity contribution in [2.24, 2.45) is 0 Å². The number of nitrogens with zero attached hydrogens (tertiary/aromatic N) is 1. The van der Waals surface area contributed by atoms with Crippen LogP contribution in [0.5, 0.6) is 23.0 Å². The number of carbonyl (C=O) groups is 1. The van der Waals surface area contributed by atoms with E-state index in [9.17, 15) is 10.1 Å². The molecule has 2 rings (SSSR count). The summed E-state index contributed by atoms with van der Waals surface area (Å²) >= 11 is 3.43. The van der Waals surface area contributed by atoms with Gasteiger partial charge >= 0.3 is 0 Å². The van der Waals surface area contributed by atoms with Gasteiger partial charge in [-0.1, -0.05) is 0 Å². The lowest BCUT2D eigenvalue weighted by Crippen LogP contribution is -2.13. The Labute approximate surface area is 178 Å². The number of carbonyl (C=O) groups excluding carboxylic acids is 1. The number of anilines is 1. The molecule has 0 saturated carbocycles. The highest BCUT2D eigenvalue weighted by Gasteiger charge is 2.14. The first-order chi connectivity index (χ1) is 14.0. The molecular weight excluding hydrogens is 440 g/mol. The number of ether oxygens (including phenoxy) is 4. The van der Waals surface area contributed by atoms with Crippen molar-refractivity contribution in [3.8, 4) is 29.1 Å². The van der Waals surface area contributed by atoms with Crippen molar-refractivity contribution in [1.29, 1.82) is 5.26 Å². The number of hydrogen-bond donors (Lipinski definition) is 1. The molecule has 1 amide bonds. The first-order valence-electron chi connectivity index (χ1n) is 8.62. The fourth-order valence-electron chi connectivity index (χ4n) is 2.54. The molecule has 1 N–H and O–H groups in total. The molecule has 7 nitrogen and oxygen atoms in total. The summed E-state index contributed by atoms with van der Waals surface area (Å²) in [7, 11) is 4.55. The van der Waals surface area contributed by atoms with Gasteiger partial charge in [0.1, 0.15) is 11.6 Å². The number of halogens is 1. The van der Waals surface area contributed by atoms with Crippen LogP contribution in [0.2, 0.25) is 0 Å². The number of rotatable bonds is 8. The lowest BCUT2D eigenvalue weighted by atomic mass is 10.1. The van der Waals surface area contributed by atoms with Crippen LogP contribution in [0.4, 0.5) is 5.69 Å². The Morgan fingerprint density at radius 3 is 2.38 bits per heavy atom. The highest BCUT2D eigenvalue weighted by Crippen LogP contribution is 2.37. The Balaban J connectivity index is 2.31. The Morgan fingerprint density at radius 1 is 1.10 bits per heavy atom. The monoisotopic (exact) mass is 460 g/mol. The first kappa shape index (κ1) is 22.1. The van der Waals surface area contributed by atoms with E-state index >= 15 is 0 Å². The van der Waals surface area contributed by atoms with Crippen LogP contribution in [-0.4, -0.2) is 33.8 Å². The second-order valence-corrected chi connectivity index (χ2v) is 6.52. The molecule has 2 aromatic carbocycles. The number of amides is 1. The van der Waals surface area contributed by atoms with E-state index in [-0.39, 0.29) is 5.57 Å². The van der Waals surface area contributed by atoms with Crippen molar-refractivity contribution >= 4 is 33.6 Å². The smallest absolute Gasteiger partial charge is 0.266 e. The fraction of sp³-hybridized carbons (Fsp3) is 0.238. The van der Waals surface area contributed by atoms with Crippen LogP contribution in [0.25, 0.3) is 6.08 Å².